The van der Waals surface area contributed by atoms with Gasteiger partial charge in [0.25, 0.3) is 0 Å². The first-order valence-corrected chi connectivity index (χ1v) is 7.73. The van der Waals surface area contributed by atoms with Gasteiger partial charge >= 0.3 is 0 Å². The summed E-state index contributed by atoms with van der Waals surface area (Å²) in [6, 6.07) is 7.01. The van der Waals surface area contributed by atoms with Gasteiger partial charge in [-0.05, 0) is 53.7 Å². The van der Waals surface area contributed by atoms with Crippen molar-refractivity contribution >= 4 is 0 Å². The van der Waals surface area contributed by atoms with E-state index in [0.29, 0.717) is 5.92 Å². The summed E-state index contributed by atoms with van der Waals surface area (Å²) in [6.07, 6.45) is 6.87. The average Bonchev–Trinajstić information content (AvgIpc) is 2.28. The molecule has 0 spiro atoms. The normalized spacial score (nSPS) is 20.7. The van der Waals surface area contributed by atoms with Gasteiger partial charge in [0.15, 0.2) is 0 Å². The average molecular weight is 244 g/mol. The molecule has 0 aromatic heterocycles. The van der Waals surface area contributed by atoms with E-state index in [-0.39, 0.29) is 0 Å². The molecule has 0 saturated heterocycles. The second-order valence-electron chi connectivity index (χ2n) is 6.52. The number of fused-ring (bicyclic) bond motifs is 1. The fourth-order valence-electron chi connectivity index (χ4n) is 3.47. The predicted molar refractivity (Wildman–Crippen MR) is 80.3 cm³/mol. The van der Waals surface area contributed by atoms with Gasteiger partial charge in [-0.1, -0.05) is 58.7 Å². The lowest BCUT2D eigenvalue weighted by atomic mass is 9.75. The van der Waals surface area contributed by atoms with E-state index >= 15 is 0 Å². The maximum absolute atomic E-state index is 2.40. The number of benzene rings is 1. The number of hydrogen-bond acceptors (Lipinski definition) is 0. The fourth-order valence-corrected chi connectivity index (χ4v) is 3.47. The molecule has 1 aromatic rings. The number of aryl methyl sites for hydroxylation is 1. The van der Waals surface area contributed by atoms with Crippen LogP contribution in [0.15, 0.2) is 18.2 Å². The topological polar surface area (TPSA) is 0 Å². The smallest absolute Gasteiger partial charge is 0.0133 e. The molecule has 1 atom stereocenters. The lowest BCUT2D eigenvalue weighted by molar-refractivity contribution is 0.428. The second-order valence-corrected chi connectivity index (χ2v) is 6.52. The Morgan fingerprint density at radius 3 is 2.44 bits per heavy atom. The fraction of sp³-hybridized carbons (Fsp3) is 0.667. The minimum absolute atomic E-state index is 0.653. The molecule has 0 nitrogen and oxygen atoms in total. The van der Waals surface area contributed by atoms with Crippen LogP contribution in [0, 0.1) is 5.92 Å². The highest BCUT2D eigenvalue weighted by Crippen LogP contribution is 2.39. The monoisotopic (exact) mass is 244 g/mol. The van der Waals surface area contributed by atoms with Crippen molar-refractivity contribution in [1.82, 2.24) is 0 Å². The largest absolute Gasteiger partial charge is 0.0622 e. The maximum Gasteiger partial charge on any atom is -0.0133 e. The van der Waals surface area contributed by atoms with Crippen LogP contribution in [0.4, 0.5) is 0 Å². The zero-order chi connectivity index (χ0) is 13.1. The van der Waals surface area contributed by atoms with Gasteiger partial charge in [-0.3, -0.25) is 0 Å². The van der Waals surface area contributed by atoms with Gasteiger partial charge in [0.2, 0.25) is 0 Å². The quantitative estimate of drug-likeness (QED) is 0.629. The molecule has 1 aromatic carbocycles. The van der Waals surface area contributed by atoms with E-state index in [2.05, 4.69) is 45.9 Å². The van der Waals surface area contributed by atoms with Gasteiger partial charge in [-0.15, -0.1) is 0 Å². The van der Waals surface area contributed by atoms with Gasteiger partial charge in [0.1, 0.15) is 0 Å². The minimum atomic E-state index is 0.653. The van der Waals surface area contributed by atoms with Crippen LogP contribution in [0.3, 0.4) is 0 Å². The van der Waals surface area contributed by atoms with Crippen molar-refractivity contribution in [2.24, 2.45) is 5.92 Å². The summed E-state index contributed by atoms with van der Waals surface area (Å²) < 4.78 is 0. The molecule has 0 amide bonds. The molecule has 100 valence electrons. The van der Waals surface area contributed by atoms with Crippen molar-refractivity contribution in [1.29, 1.82) is 0 Å². The van der Waals surface area contributed by atoms with E-state index in [1.807, 2.05) is 0 Å². The Kier molecular flexibility index (Phi) is 4.48. The van der Waals surface area contributed by atoms with Crippen molar-refractivity contribution in [3.63, 3.8) is 0 Å². The molecular weight excluding hydrogens is 216 g/mol. The molecule has 1 aliphatic rings. The van der Waals surface area contributed by atoms with Gasteiger partial charge in [0, 0.05) is 0 Å². The zero-order valence-electron chi connectivity index (χ0n) is 12.5. The first kappa shape index (κ1) is 13.6. The first-order valence-electron chi connectivity index (χ1n) is 7.73. The van der Waals surface area contributed by atoms with E-state index in [1.54, 1.807) is 16.7 Å². The molecule has 0 bridgehead atoms. The molecule has 1 aliphatic carbocycles. The van der Waals surface area contributed by atoms with Gasteiger partial charge in [0.05, 0.1) is 0 Å². The zero-order valence-corrected chi connectivity index (χ0v) is 12.5. The Morgan fingerprint density at radius 2 is 1.78 bits per heavy atom. The van der Waals surface area contributed by atoms with Crippen LogP contribution in [0.2, 0.25) is 0 Å². The number of hydrogen-bond donors (Lipinski definition) is 0. The Bertz CT molecular complexity index is 387. The summed E-state index contributed by atoms with van der Waals surface area (Å²) in [5.74, 6) is 2.20. The minimum Gasteiger partial charge on any atom is -0.0622 e. The van der Waals surface area contributed by atoms with Crippen LogP contribution < -0.4 is 0 Å². The lowest BCUT2D eigenvalue weighted by Gasteiger charge is -2.30. The summed E-state index contributed by atoms with van der Waals surface area (Å²) >= 11 is 0. The van der Waals surface area contributed by atoms with E-state index < -0.39 is 0 Å². The Balaban J connectivity index is 2.51. The Morgan fingerprint density at radius 1 is 1.00 bits per heavy atom. The molecule has 1 unspecified atom stereocenters. The second kappa shape index (κ2) is 5.91. The highest BCUT2D eigenvalue weighted by atomic mass is 14.3. The van der Waals surface area contributed by atoms with Crippen LogP contribution in [0.25, 0.3) is 0 Å². The molecule has 0 heterocycles. The third kappa shape index (κ3) is 2.79. The van der Waals surface area contributed by atoms with Crippen LogP contribution in [-0.4, -0.2) is 0 Å². The molecule has 0 radical (unpaired) electrons. The van der Waals surface area contributed by atoms with Crippen LogP contribution >= 0.6 is 0 Å². The van der Waals surface area contributed by atoms with Crippen molar-refractivity contribution in [3.05, 3.63) is 34.9 Å². The van der Waals surface area contributed by atoms with Crippen molar-refractivity contribution in [3.8, 4) is 0 Å². The van der Waals surface area contributed by atoms with E-state index in [9.17, 15) is 0 Å². The Hall–Kier alpha value is -0.780. The highest BCUT2D eigenvalue weighted by Gasteiger charge is 2.24. The van der Waals surface area contributed by atoms with Gasteiger partial charge < -0.3 is 0 Å². The predicted octanol–water partition coefficient (Wildman–Crippen LogP) is 5.67. The standard InChI is InChI=1S/C18H28/c1-13(2)16-11-7-5-6-9-15-10-8-12-17(14(3)4)18(15)16/h8,10,12-14,16H,5-7,9,11H2,1-4H3. The molecule has 0 saturated carbocycles. The van der Waals surface area contributed by atoms with E-state index in [4.69, 9.17) is 0 Å². The van der Waals surface area contributed by atoms with Gasteiger partial charge in [-0.25, -0.2) is 0 Å². The molecule has 0 N–H and O–H groups in total. The summed E-state index contributed by atoms with van der Waals surface area (Å²) in [5.41, 5.74) is 4.95. The molecule has 18 heavy (non-hydrogen) atoms. The van der Waals surface area contributed by atoms with E-state index in [1.165, 1.54) is 32.1 Å². The highest BCUT2D eigenvalue weighted by molar-refractivity contribution is 5.40. The van der Waals surface area contributed by atoms with E-state index in [0.717, 1.165) is 11.8 Å². The molecule has 0 aliphatic heterocycles. The molecule has 2 rings (SSSR count). The lowest BCUT2D eigenvalue weighted by Crippen LogP contribution is -2.15. The SMILES string of the molecule is CC(C)c1cccc2c1C(C(C)C)CCCCC2. The summed E-state index contributed by atoms with van der Waals surface area (Å²) in [5, 5.41) is 0. The van der Waals surface area contributed by atoms with Crippen LogP contribution in [0.1, 0.15) is 81.9 Å². The summed E-state index contributed by atoms with van der Waals surface area (Å²) in [7, 11) is 0. The van der Waals surface area contributed by atoms with Crippen molar-refractivity contribution in [2.45, 2.75) is 71.6 Å². The molecular formula is C18H28. The molecule has 0 heteroatoms. The van der Waals surface area contributed by atoms with Crippen molar-refractivity contribution in [2.75, 3.05) is 0 Å². The van der Waals surface area contributed by atoms with Crippen molar-refractivity contribution < 1.29 is 0 Å². The number of rotatable bonds is 2. The summed E-state index contributed by atoms with van der Waals surface area (Å²) in [6.45, 7) is 9.47. The molecule has 0 fully saturated rings. The van der Waals surface area contributed by atoms with Gasteiger partial charge in [-0.2, -0.15) is 0 Å². The third-order valence-corrected chi connectivity index (χ3v) is 4.49. The van der Waals surface area contributed by atoms with Crippen LogP contribution in [-0.2, 0) is 6.42 Å². The van der Waals surface area contributed by atoms with Crippen LogP contribution in [0.5, 0.6) is 0 Å². The Labute approximate surface area is 113 Å². The maximum atomic E-state index is 2.40. The third-order valence-electron chi connectivity index (χ3n) is 4.49. The summed E-state index contributed by atoms with van der Waals surface area (Å²) in [4.78, 5) is 0. The first-order chi connectivity index (χ1) is 8.61.